The smallest absolute Gasteiger partial charge is 0.337 e. The highest BCUT2D eigenvalue weighted by Crippen LogP contribution is 2.35. The molecule has 256 valence electrons. The summed E-state index contributed by atoms with van der Waals surface area (Å²) in [5.41, 5.74) is 3.93. The van der Waals surface area contributed by atoms with Crippen LogP contribution in [0.5, 0.6) is 5.75 Å². The molecule has 8 rings (SSSR count). The van der Waals surface area contributed by atoms with Gasteiger partial charge in [0.15, 0.2) is 5.65 Å². The van der Waals surface area contributed by atoms with Crippen LogP contribution in [0.25, 0.3) is 33.5 Å². The summed E-state index contributed by atoms with van der Waals surface area (Å²) < 4.78 is 32.6. The minimum atomic E-state index is -0.646. The van der Waals surface area contributed by atoms with E-state index in [0.717, 1.165) is 67.1 Å². The predicted octanol–water partition coefficient (Wildman–Crippen LogP) is 6.80. The van der Waals surface area contributed by atoms with Crippen LogP contribution in [0, 0.1) is 17.6 Å². The SMILES string of the molecule is CN(Cc1cc(O)ccc1-c1cccc(-n2c(=O)n(C3CCC(CCc4cn5cc(F)ccc5n4)CC3)c(=O)c3cc(F)cnc32)c1)C1CC1. The molecule has 1 N–H and O–H groups in total. The van der Waals surface area contributed by atoms with Crippen molar-refractivity contribution in [1.82, 2.24) is 28.4 Å². The number of aromatic hydroxyl groups is 1. The number of rotatable bonds is 9. The van der Waals surface area contributed by atoms with Crippen molar-refractivity contribution in [3.8, 4) is 22.6 Å². The van der Waals surface area contributed by atoms with Crippen molar-refractivity contribution in [2.24, 2.45) is 5.92 Å². The lowest BCUT2D eigenvalue weighted by atomic mass is 9.83. The highest BCUT2D eigenvalue weighted by Gasteiger charge is 2.28. The molecule has 11 heteroatoms. The normalized spacial score (nSPS) is 18.0. The van der Waals surface area contributed by atoms with Gasteiger partial charge in [-0.2, -0.15) is 0 Å². The molecule has 2 aliphatic rings. The second-order valence-electron chi connectivity index (χ2n) is 13.9. The zero-order chi connectivity index (χ0) is 34.5. The van der Waals surface area contributed by atoms with Crippen LogP contribution in [0.2, 0.25) is 0 Å². The van der Waals surface area contributed by atoms with Gasteiger partial charge in [-0.25, -0.2) is 28.1 Å². The van der Waals surface area contributed by atoms with Crippen LogP contribution in [0.15, 0.2) is 88.8 Å². The highest BCUT2D eigenvalue weighted by molar-refractivity contribution is 5.77. The van der Waals surface area contributed by atoms with E-state index in [1.807, 2.05) is 30.5 Å². The van der Waals surface area contributed by atoms with Crippen molar-refractivity contribution in [1.29, 1.82) is 0 Å². The number of hydrogen-bond acceptors (Lipinski definition) is 6. The van der Waals surface area contributed by atoms with Crippen molar-refractivity contribution >= 4 is 16.7 Å². The minimum absolute atomic E-state index is 0.0526. The summed E-state index contributed by atoms with van der Waals surface area (Å²) in [5.74, 6) is -0.383. The number of phenols is 1. The van der Waals surface area contributed by atoms with Crippen molar-refractivity contribution in [2.75, 3.05) is 7.05 Å². The zero-order valence-corrected chi connectivity index (χ0v) is 27.8. The first-order valence-corrected chi connectivity index (χ1v) is 17.3. The highest BCUT2D eigenvalue weighted by atomic mass is 19.1. The number of fused-ring (bicyclic) bond motifs is 2. The van der Waals surface area contributed by atoms with Gasteiger partial charge in [0, 0.05) is 31.0 Å². The van der Waals surface area contributed by atoms with Crippen LogP contribution in [-0.2, 0) is 13.0 Å². The maximum Gasteiger partial charge on any atom is 0.337 e. The number of nitrogens with zero attached hydrogens (tertiary/aromatic N) is 6. The molecule has 50 heavy (non-hydrogen) atoms. The lowest BCUT2D eigenvalue weighted by molar-refractivity contribution is 0.255. The Labute approximate surface area is 287 Å². The molecule has 9 nitrogen and oxygen atoms in total. The molecule has 2 aromatic carbocycles. The van der Waals surface area contributed by atoms with E-state index < -0.39 is 17.1 Å². The second-order valence-corrected chi connectivity index (χ2v) is 13.9. The van der Waals surface area contributed by atoms with Crippen molar-refractivity contribution in [3.05, 3.63) is 123 Å². The van der Waals surface area contributed by atoms with Gasteiger partial charge in [0.2, 0.25) is 0 Å². The Morgan fingerprint density at radius 2 is 1.74 bits per heavy atom. The average Bonchev–Trinajstić information content (AvgIpc) is 3.89. The maximum absolute atomic E-state index is 14.6. The average molecular weight is 677 g/mol. The first kappa shape index (κ1) is 32.1. The Balaban J connectivity index is 1.09. The summed E-state index contributed by atoms with van der Waals surface area (Å²) in [6.07, 6.45) is 11.2. The van der Waals surface area contributed by atoms with Gasteiger partial charge in [0.05, 0.1) is 23.0 Å². The number of aromatic nitrogens is 5. The summed E-state index contributed by atoms with van der Waals surface area (Å²) in [5, 5.41) is 10.4. The standard InChI is InChI=1S/C39H38F2N6O3/c1-44(30-12-13-30)21-26-18-33(48)14-15-34(26)25-3-2-4-32(17-25)46-37-35(19-28(41)20-42-37)38(49)47(39(46)50)31-10-6-24(7-11-31)5-9-29-23-45-22-27(40)8-16-36(45)43-29/h2-4,8,14-20,22-24,30-31,48H,5-7,9-13,21H2,1H3. The summed E-state index contributed by atoms with van der Waals surface area (Å²) in [7, 11) is 2.08. The third-order valence-electron chi connectivity index (χ3n) is 10.4. The molecule has 0 unspecified atom stereocenters. The molecule has 4 aromatic heterocycles. The Kier molecular flexibility index (Phi) is 8.30. The van der Waals surface area contributed by atoms with Gasteiger partial charge in [-0.1, -0.05) is 18.2 Å². The minimum Gasteiger partial charge on any atom is -0.508 e. The van der Waals surface area contributed by atoms with E-state index in [4.69, 9.17) is 0 Å². The fraction of sp³-hybridized carbons (Fsp3) is 0.333. The molecule has 0 radical (unpaired) electrons. The van der Waals surface area contributed by atoms with Crippen molar-refractivity contribution in [2.45, 2.75) is 70.0 Å². The molecular formula is C39H38F2N6O3. The van der Waals surface area contributed by atoms with Crippen molar-refractivity contribution < 1.29 is 13.9 Å². The van der Waals surface area contributed by atoms with E-state index in [-0.39, 0.29) is 28.6 Å². The predicted molar refractivity (Wildman–Crippen MR) is 188 cm³/mol. The summed E-state index contributed by atoms with van der Waals surface area (Å²) in [6.45, 7) is 0.662. The third-order valence-corrected chi connectivity index (χ3v) is 10.4. The van der Waals surface area contributed by atoms with E-state index >= 15 is 0 Å². The molecule has 0 saturated heterocycles. The summed E-state index contributed by atoms with van der Waals surface area (Å²) in [4.78, 5) is 39.4. The number of imidazole rings is 1. The number of halogens is 2. The molecule has 0 amide bonds. The number of phenolic OH excluding ortho intramolecular Hbond substituents is 1. The fourth-order valence-corrected chi connectivity index (χ4v) is 7.64. The molecule has 0 aliphatic heterocycles. The number of aryl methyl sites for hydroxylation is 1. The lowest BCUT2D eigenvalue weighted by Crippen LogP contribution is -2.43. The largest absolute Gasteiger partial charge is 0.508 e. The van der Waals surface area contributed by atoms with E-state index in [9.17, 15) is 23.5 Å². The molecule has 2 fully saturated rings. The van der Waals surface area contributed by atoms with Gasteiger partial charge in [0.25, 0.3) is 5.56 Å². The number of benzene rings is 2. The van der Waals surface area contributed by atoms with Crippen molar-refractivity contribution in [3.63, 3.8) is 0 Å². The van der Waals surface area contributed by atoms with Gasteiger partial charge < -0.3 is 9.51 Å². The lowest BCUT2D eigenvalue weighted by Gasteiger charge is -2.30. The molecular weight excluding hydrogens is 638 g/mol. The quantitative estimate of drug-likeness (QED) is 0.181. The molecule has 4 heterocycles. The Bertz CT molecular complexity index is 2350. The molecule has 0 spiro atoms. The van der Waals surface area contributed by atoms with Gasteiger partial charge in [-0.05, 0) is 123 Å². The molecule has 0 bridgehead atoms. The van der Waals surface area contributed by atoms with Gasteiger partial charge in [-0.15, -0.1) is 0 Å². The Morgan fingerprint density at radius 3 is 2.54 bits per heavy atom. The van der Waals surface area contributed by atoms with E-state index in [2.05, 4.69) is 21.9 Å². The van der Waals surface area contributed by atoms with E-state index in [1.54, 1.807) is 28.7 Å². The second kappa shape index (κ2) is 12.9. The monoisotopic (exact) mass is 676 g/mol. The zero-order valence-electron chi connectivity index (χ0n) is 27.8. The van der Waals surface area contributed by atoms with Gasteiger partial charge in [0.1, 0.15) is 23.0 Å². The molecule has 6 aromatic rings. The number of hydrogen-bond donors (Lipinski definition) is 1. The van der Waals surface area contributed by atoms with Crippen LogP contribution in [0.3, 0.4) is 0 Å². The van der Waals surface area contributed by atoms with Crippen LogP contribution >= 0.6 is 0 Å². The van der Waals surface area contributed by atoms with Crippen LogP contribution in [-0.4, -0.2) is 46.6 Å². The Morgan fingerprint density at radius 1 is 0.920 bits per heavy atom. The fourth-order valence-electron chi connectivity index (χ4n) is 7.64. The third kappa shape index (κ3) is 6.22. The molecule has 2 aliphatic carbocycles. The molecule has 2 saturated carbocycles. The van der Waals surface area contributed by atoms with Crippen LogP contribution < -0.4 is 11.2 Å². The van der Waals surface area contributed by atoms with Gasteiger partial charge >= 0.3 is 5.69 Å². The first-order chi connectivity index (χ1) is 24.2. The summed E-state index contributed by atoms with van der Waals surface area (Å²) in [6, 6.07) is 17.2. The van der Waals surface area contributed by atoms with Gasteiger partial charge in [-0.3, -0.25) is 14.3 Å². The number of pyridine rings is 2. The van der Waals surface area contributed by atoms with Crippen LogP contribution in [0.1, 0.15) is 62.2 Å². The van der Waals surface area contributed by atoms with Crippen LogP contribution in [0.4, 0.5) is 8.78 Å². The topological polar surface area (TPSA) is 97.7 Å². The van der Waals surface area contributed by atoms with E-state index in [0.29, 0.717) is 42.7 Å². The summed E-state index contributed by atoms with van der Waals surface area (Å²) >= 11 is 0. The first-order valence-electron chi connectivity index (χ1n) is 17.3. The van der Waals surface area contributed by atoms with E-state index in [1.165, 1.54) is 27.5 Å². The molecule has 0 atom stereocenters. The maximum atomic E-state index is 14.6. The Hall–Kier alpha value is -5.16.